The van der Waals surface area contributed by atoms with Crippen molar-refractivity contribution < 1.29 is 18.3 Å². The van der Waals surface area contributed by atoms with Crippen molar-refractivity contribution in [3.63, 3.8) is 0 Å². The minimum absolute atomic E-state index is 0.115. The van der Waals surface area contributed by atoms with Crippen LogP contribution in [0.25, 0.3) is 0 Å². The van der Waals surface area contributed by atoms with E-state index in [9.17, 15) is 8.78 Å². The molecule has 10 heavy (non-hydrogen) atoms. The molecule has 0 N–H and O–H groups in total. The molecule has 0 rings (SSSR count). The highest BCUT2D eigenvalue weighted by molar-refractivity contribution is 4.37. The quantitative estimate of drug-likeness (QED) is 0.574. The van der Waals surface area contributed by atoms with Gasteiger partial charge in [0, 0.05) is 6.61 Å². The Morgan fingerprint density at radius 2 is 2.20 bits per heavy atom. The van der Waals surface area contributed by atoms with Gasteiger partial charge in [0.1, 0.15) is 13.3 Å². The van der Waals surface area contributed by atoms with Crippen molar-refractivity contribution in [1.29, 1.82) is 0 Å². The summed E-state index contributed by atoms with van der Waals surface area (Å²) in [5.41, 5.74) is 0. The van der Waals surface area contributed by atoms with E-state index in [0.717, 1.165) is 0 Å². The second kappa shape index (κ2) is 6.89. The summed E-state index contributed by atoms with van der Waals surface area (Å²) < 4.78 is 32.6. The van der Waals surface area contributed by atoms with Crippen molar-refractivity contribution in [2.24, 2.45) is 0 Å². The van der Waals surface area contributed by atoms with Gasteiger partial charge < -0.3 is 9.47 Å². The third-order valence-electron chi connectivity index (χ3n) is 0.829. The van der Waals surface area contributed by atoms with Crippen LogP contribution in [-0.4, -0.2) is 32.9 Å². The van der Waals surface area contributed by atoms with Gasteiger partial charge in [0.25, 0.3) is 0 Å². The van der Waals surface area contributed by atoms with E-state index in [-0.39, 0.29) is 13.2 Å². The highest BCUT2D eigenvalue weighted by atomic mass is 19.1. The molecule has 1 atom stereocenters. The van der Waals surface area contributed by atoms with Crippen LogP contribution in [0.2, 0.25) is 0 Å². The maximum Gasteiger partial charge on any atom is 0.222 e. The van der Waals surface area contributed by atoms with E-state index in [4.69, 9.17) is 0 Å². The first-order chi connectivity index (χ1) is 4.81. The molecule has 62 valence electrons. The normalized spacial score (nSPS) is 13.5. The maximum absolute atomic E-state index is 12.3. The number of hydrogen-bond donors (Lipinski definition) is 0. The number of ether oxygens (including phenoxy) is 2. The van der Waals surface area contributed by atoms with E-state index >= 15 is 0 Å². The van der Waals surface area contributed by atoms with E-state index < -0.39 is 13.0 Å². The van der Waals surface area contributed by atoms with Crippen LogP contribution in [0, 0.1) is 0 Å². The topological polar surface area (TPSA) is 18.5 Å². The SMILES string of the molecule is CCOCC(F)OCCF. The highest BCUT2D eigenvalue weighted by Crippen LogP contribution is 1.94. The van der Waals surface area contributed by atoms with E-state index in [1.807, 2.05) is 0 Å². The van der Waals surface area contributed by atoms with Crippen LogP contribution in [0.15, 0.2) is 0 Å². The third-order valence-corrected chi connectivity index (χ3v) is 0.829. The van der Waals surface area contributed by atoms with Gasteiger partial charge in [0.2, 0.25) is 6.36 Å². The Labute approximate surface area is 59.1 Å². The van der Waals surface area contributed by atoms with Crippen LogP contribution >= 0.6 is 0 Å². The summed E-state index contributed by atoms with van der Waals surface area (Å²) in [5, 5.41) is 0. The van der Waals surface area contributed by atoms with E-state index in [1.54, 1.807) is 6.92 Å². The average molecular weight is 154 g/mol. The monoisotopic (exact) mass is 154 g/mol. The molecule has 0 amide bonds. The van der Waals surface area contributed by atoms with Gasteiger partial charge in [-0.2, -0.15) is 0 Å². The molecule has 0 saturated carbocycles. The average Bonchev–Trinajstić information content (AvgIpc) is 1.97. The summed E-state index contributed by atoms with van der Waals surface area (Å²) in [6.07, 6.45) is -1.49. The van der Waals surface area contributed by atoms with Gasteiger partial charge in [-0.05, 0) is 6.92 Å². The second-order valence-electron chi connectivity index (χ2n) is 1.63. The third kappa shape index (κ3) is 5.91. The molecule has 0 aliphatic heterocycles. The zero-order valence-electron chi connectivity index (χ0n) is 5.98. The lowest BCUT2D eigenvalue weighted by molar-refractivity contribution is -0.0888. The molecular formula is C6H12F2O2. The predicted octanol–water partition coefficient (Wildman–Crippen LogP) is 1.30. The molecule has 0 aromatic rings. The number of hydrogen-bond acceptors (Lipinski definition) is 2. The van der Waals surface area contributed by atoms with Crippen LogP contribution < -0.4 is 0 Å². The molecule has 0 fully saturated rings. The molecule has 0 aliphatic rings. The fourth-order valence-electron chi connectivity index (χ4n) is 0.431. The van der Waals surface area contributed by atoms with Gasteiger partial charge in [-0.15, -0.1) is 0 Å². The summed E-state index contributed by atoms with van der Waals surface area (Å²) in [4.78, 5) is 0. The number of alkyl halides is 2. The molecule has 2 nitrogen and oxygen atoms in total. The summed E-state index contributed by atoms with van der Waals surface area (Å²) in [6.45, 7) is 1.22. The smallest absolute Gasteiger partial charge is 0.222 e. The first kappa shape index (κ1) is 9.78. The van der Waals surface area contributed by atoms with E-state index in [0.29, 0.717) is 6.61 Å². The lowest BCUT2D eigenvalue weighted by Gasteiger charge is -2.06. The van der Waals surface area contributed by atoms with Gasteiger partial charge in [0.15, 0.2) is 0 Å². The number of halogens is 2. The Bertz CT molecular complexity index is 62.8. The first-order valence-corrected chi connectivity index (χ1v) is 3.20. The van der Waals surface area contributed by atoms with Crippen LogP contribution in [0.3, 0.4) is 0 Å². The van der Waals surface area contributed by atoms with Gasteiger partial charge in [-0.1, -0.05) is 0 Å². The molecule has 0 aromatic heterocycles. The largest absolute Gasteiger partial charge is 0.376 e. The highest BCUT2D eigenvalue weighted by Gasteiger charge is 2.04. The standard InChI is InChI=1S/C6H12F2O2/c1-2-9-5-6(8)10-4-3-7/h6H,2-5H2,1H3. The Kier molecular flexibility index (Phi) is 6.74. The van der Waals surface area contributed by atoms with Crippen molar-refractivity contribution in [2.75, 3.05) is 26.5 Å². The number of rotatable bonds is 6. The van der Waals surface area contributed by atoms with Crippen molar-refractivity contribution in [3.8, 4) is 0 Å². The van der Waals surface area contributed by atoms with Gasteiger partial charge in [-0.3, -0.25) is 0 Å². The molecular weight excluding hydrogens is 142 g/mol. The summed E-state index contributed by atoms with van der Waals surface area (Å²) in [7, 11) is 0. The lowest BCUT2D eigenvalue weighted by atomic mass is 10.7. The van der Waals surface area contributed by atoms with Crippen LogP contribution in [0.4, 0.5) is 8.78 Å². The van der Waals surface area contributed by atoms with Crippen molar-refractivity contribution >= 4 is 0 Å². The summed E-state index contributed by atoms with van der Waals surface area (Å²) >= 11 is 0. The van der Waals surface area contributed by atoms with Crippen LogP contribution in [0.5, 0.6) is 0 Å². The van der Waals surface area contributed by atoms with Crippen LogP contribution in [-0.2, 0) is 9.47 Å². The van der Waals surface area contributed by atoms with E-state index in [1.165, 1.54) is 0 Å². The molecule has 0 spiro atoms. The fraction of sp³-hybridized carbons (Fsp3) is 1.00. The first-order valence-electron chi connectivity index (χ1n) is 3.20. The van der Waals surface area contributed by atoms with Gasteiger partial charge in [0.05, 0.1) is 6.61 Å². The van der Waals surface area contributed by atoms with Crippen molar-refractivity contribution in [3.05, 3.63) is 0 Å². The molecule has 0 heterocycles. The Balaban J connectivity index is 3.00. The van der Waals surface area contributed by atoms with Crippen molar-refractivity contribution in [1.82, 2.24) is 0 Å². The second-order valence-corrected chi connectivity index (χ2v) is 1.63. The fourth-order valence-corrected chi connectivity index (χ4v) is 0.431. The predicted molar refractivity (Wildman–Crippen MR) is 33.3 cm³/mol. The van der Waals surface area contributed by atoms with Crippen molar-refractivity contribution in [2.45, 2.75) is 13.3 Å². The molecule has 0 bridgehead atoms. The van der Waals surface area contributed by atoms with Gasteiger partial charge >= 0.3 is 0 Å². The maximum atomic E-state index is 12.3. The minimum Gasteiger partial charge on any atom is -0.376 e. The molecule has 4 heteroatoms. The molecule has 0 aromatic carbocycles. The minimum atomic E-state index is -1.49. The molecule has 1 unspecified atom stereocenters. The van der Waals surface area contributed by atoms with E-state index in [2.05, 4.69) is 9.47 Å². The summed E-state index contributed by atoms with van der Waals surface area (Å²) in [6, 6.07) is 0. The summed E-state index contributed by atoms with van der Waals surface area (Å²) in [5.74, 6) is 0. The Hall–Kier alpha value is -0.220. The molecule has 0 aliphatic carbocycles. The molecule has 0 radical (unpaired) electrons. The zero-order valence-corrected chi connectivity index (χ0v) is 5.98. The van der Waals surface area contributed by atoms with Gasteiger partial charge in [-0.25, -0.2) is 8.78 Å². The lowest BCUT2D eigenvalue weighted by Crippen LogP contribution is -2.15. The molecule has 0 saturated heterocycles. The zero-order chi connectivity index (χ0) is 7.82. The van der Waals surface area contributed by atoms with Crippen LogP contribution in [0.1, 0.15) is 6.92 Å². The Morgan fingerprint density at radius 1 is 1.50 bits per heavy atom. The Morgan fingerprint density at radius 3 is 2.70 bits per heavy atom.